The molecule has 0 heterocycles. The maximum Gasteiger partial charge on any atom is 0.508 e. The molecule has 3 aromatic rings. The van der Waals surface area contributed by atoms with E-state index in [0.717, 1.165) is 16.9 Å². The molecule has 0 N–H and O–H groups in total. The van der Waals surface area contributed by atoms with Crippen molar-refractivity contribution >= 4 is 12.2 Å². The van der Waals surface area contributed by atoms with E-state index in [1.807, 2.05) is 84.9 Å². The van der Waals surface area contributed by atoms with Crippen molar-refractivity contribution in [1.82, 2.24) is 0 Å². The second-order valence-electron chi connectivity index (χ2n) is 8.26. The number of carbonyl (C=O) groups excluding carboxylic acids is 1. The molecule has 1 aliphatic carbocycles. The molecule has 1 saturated carbocycles. The highest BCUT2D eigenvalue weighted by atomic mass is 16.7. The lowest BCUT2D eigenvalue weighted by molar-refractivity contribution is 0.0356. The summed E-state index contributed by atoms with van der Waals surface area (Å²) in [5.41, 5.74) is 1.86. The van der Waals surface area contributed by atoms with Gasteiger partial charge in [-0.05, 0) is 35.4 Å². The Hall–Kier alpha value is -3.53. The first-order valence-corrected chi connectivity index (χ1v) is 10.4. The summed E-state index contributed by atoms with van der Waals surface area (Å²) in [5.74, 6) is 1.61. The van der Waals surface area contributed by atoms with Crippen LogP contribution in [-0.2, 0) is 16.1 Å². The first-order valence-electron chi connectivity index (χ1n) is 10.4. The number of carbonyl (C=O) groups is 1. The highest BCUT2D eigenvalue weighted by Gasteiger charge is 2.59. The van der Waals surface area contributed by atoms with Crippen LogP contribution < -0.4 is 4.74 Å². The molecule has 0 bridgehead atoms. The van der Waals surface area contributed by atoms with Crippen molar-refractivity contribution in [2.45, 2.75) is 26.6 Å². The minimum atomic E-state index is -0.650. The van der Waals surface area contributed by atoms with Crippen molar-refractivity contribution in [1.29, 1.82) is 0 Å². The van der Waals surface area contributed by atoms with Gasteiger partial charge in [0.15, 0.2) is 0 Å². The molecule has 31 heavy (non-hydrogen) atoms. The molecule has 0 aromatic heterocycles. The lowest BCUT2D eigenvalue weighted by Crippen LogP contribution is -2.12. The van der Waals surface area contributed by atoms with E-state index >= 15 is 0 Å². The summed E-state index contributed by atoms with van der Waals surface area (Å²) in [4.78, 5) is 12.3. The molecule has 0 amide bonds. The molecule has 0 aliphatic heterocycles. The minimum absolute atomic E-state index is 0.103. The number of ether oxygens (including phenoxy) is 3. The van der Waals surface area contributed by atoms with Crippen LogP contribution in [0.2, 0.25) is 0 Å². The third kappa shape index (κ3) is 5.34. The van der Waals surface area contributed by atoms with Gasteiger partial charge in [-0.1, -0.05) is 86.7 Å². The Morgan fingerprint density at radius 1 is 0.903 bits per heavy atom. The van der Waals surface area contributed by atoms with Crippen LogP contribution in [0, 0.1) is 11.3 Å². The number of hydrogen-bond acceptors (Lipinski definition) is 4. The van der Waals surface area contributed by atoms with E-state index in [-0.39, 0.29) is 24.0 Å². The van der Waals surface area contributed by atoms with Gasteiger partial charge in [-0.25, -0.2) is 4.79 Å². The second kappa shape index (κ2) is 9.09. The van der Waals surface area contributed by atoms with Gasteiger partial charge in [0, 0.05) is 11.3 Å². The third-order valence-electron chi connectivity index (χ3n) is 5.56. The molecule has 4 rings (SSSR count). The number of benzene rings is 3. The van der Waals surface area contributed by atoms with Gasteiger partial charge >= 0.3 is 6.16 Å². The van der Waals surface area contributed by atoms with Crippen LogP contribution in [0.1, 0.15) is 25.0 Å². The van der Waals surface area contributed by atoms with Gasteiger partial charge in [-0.2, -0.15) is 0 Å². The number of rotatable bonds is 7. The Morgan fingerprint density at radius 2 is 1.58 bits per heavy atom. The van der Waals surface area contributed by atoms with Crippen LogP contribution in [0.15, 0.2) is 91.0 Å². The zero-order valence-electron chi connectivity index (χ0n) is 17.7. The van der Waals surface area contributed by atoms with Crippen molar-refractivity contribution in [3.8, 4) is 11.5 Å². The van der Waals surface area contributed by atoms with Gasteiger partial charge in [0.1, 0.15) is 24.2 Å². The lowest BCUT2D eigenvalue weighted by Gasteiger charge is -2.09. The average Bonchev–Trinajstić information content (AvgIpc) is 3.30. The molecule has 2 atom stereocenters. The molecule has 158 valence electrons. The van der Waals surface area contributed by atoms with Gasteiger partial charge in [0.25, 0.3) is 0 Å². The molecule has 1 aliphatic rings. The van der Waals surface area contributed by atoms with Crippen LogP contribution in [-0.4, -0.2) is 12.3 Å². The van der Waals surface area contributed by atoms with Gasteiger partial charge < -0.3 is 14.2 Å². The van der Waals surface area contributed by atoms with E-state index in [9.17, 15) is 4.79 Å². The van der Waals surface area contributed by atoms with Crippen LogP contribution in [0.3, 0.4) is 0 Å². The maximum atomic E-state index is 12.3. The molecule has 4 nitrogen and oxygen atoms in total. The molecule has 1 fully saturated rings. The topological polar surface area (TPSA) is 44.8 Å². The van der Waals surface area contributed by atoms with Gasteiger partial charge in [-0.15, -0.1) is 0 Å². The molecule has 4 heteroatoms. The molecule has 0 spiro atoms. The molecule has 0 saturated heterocycles. The van der Waals surface area contributed by atoms with E-state index in [1.54, 1.807) is 0 Å². The maximum absolute atomic E-state index is 12.3. The molecule has 2 unspecified atom stereocenters. The predicted octanol–water partition coefficient (Wildman–Crippen LogP) is 6.87. The summed E-state index contributed by atoms with van der Waals surface area (Å²) in [6.45, 7) is 4.31. The third-order valence-corrected chi connectivity index (χ3v) is 5.56. The van der Waals surface area contributed by atoms with Crippen LogP contribution in [0.4, 0.5) is 4.79 Å². The summed E-state index contributed by atoms with van der Waals surface area (Å²) in [6.07, 6.45) is 3.34. The van der Waals surface area contributed by atoms with E-state index < -0.39 is 6.16 Å². The summed E-state index contributed by atoms with van der Waals surface area (Å²) in [7, 11) is 0. The molecular formula is C27H26O4. The average molecular weight is 415 g/mol. The summed E-state index contributed by atoms with van der Waals surface area (Å²) < 4.78 is 16.8. The van der Waals surface area contributed by atoms with Crippen molar-refractivity contribution in [3.63, 3.8) is 0 Å². The molecular weight excluding hydrogens is 388 g/mol. The first kappa shape index (κ1) is 20.7. The quantitative estimate of drug-likeness (QED) is 0.396. The fraction of sp³-hybridized carbons (Fsp3) is 0.222. The van der Waals surface area contributed by atoms with Crippen molar-refractivity contribution in [2.24, 2.45) is 11.3 Å². The highest BCUT2D eigenvalue weighted by molar-refractivity contribution is 5.61. The number of hydrogen-bond donors (Lipinski definition) is 0. The van der Waals surface area contributed by atoms with Crippen molar-refractivity contribution < 1.29 is 19.0 Å². The van der Waals surface area contributed by atoms with Crippen LogP contribution in [0.25, 0.3) is 6.08 Å². The largest absolute Gasteiger partial charge is 0.508 e. The molecule has 3 aromatic carbocycles. The van der Waals surface area contributed by atoms with E-state index in [2.05, 4.69) is 26.0 Å². The Morgan fingerprint density at radius 3 is 2.32 bits per heavy atom. The fourth-order valence-electron chi connectivity index (χ4n) is 3.59. The van der Waals surface area contributed by atoms with E-state index in [1.165, 1.54) is 0 Å². The summed E-state index contributed by atoms with van der Waals surface area (Å²) in [6, 6.07) is 27.1. The van der Waals surface area contributed by atoms with Gasteiger partial charge in [0.2, 0.25) is 0 Å². The van der Waals surface area contributed by atoms with E-state index in [0.29, 0.717) is 5.75 Å². The Labute approximate surface area is 183 Å². The van der Waals surface area contributed by atoms with Gasteiger partial charge in [-0.3, -0.25) is 0 Å². The SMILES string of the molecule is CC1(C)C(C=Cc2ccccc2)C1OC(=O)OCc1cccc(Oc2ccccc2)c1. The standard InChI is InChI=1S/C27H26O4/c1-27(2)24(17-16-20-10-5-3-6-11-20)25(27)31-26(28)29-19-21-12-9-15-23(18-21)30-22-13-7-4-8-14-22/h3-18,24-25H,19H2,1-2H3. The fourth-order valence-corrected chi connectivity index (χ4v) is 3.59. The zero-order valence-corrected chi connectivity index (χ0v) is 17.7. The van der Waals surface area contributed by atoms with Crippen molar-refractivity contribution in [3.05, 3.63) is 102 Å². The lowest BCUT2D eigenvalue weighted by atomic mass is 10.1. The zero-order chi connectivity index (χ0) is 21.7. The van der Waals surface area contributed by atoms with Crippen LogP contribution >= 0.6 is 0 Å². The monoisotopic (exact) mass is 414 g/mol. The number of para-hydroxylation sites is 1. The van der Waals surface area contributed by atoms with Crippen molar-refractivity contribution in [2.75, 3.05) is 0 Å². The van der Waals surface area contributed by atoms with Gasteiger partial charge in [0.05, 0.1) is 0 Å². The second-order valence-corrected chi connectivity index (χ2v) is 8.26. The summed E-state index contributed by atoms with van der Waals surface area (Å²) >= 11 is 0. The normalized spacial score (nSPS) is 19.0. The van der Waals surface area contributed by atoms with E-state index in [4.69, 9.17) is 14.2 Å². The molecule has 0 radical (unpaired) electrons. The Kier molecular flexibility index (Phi) is 6.08. The Balaban J connectivity index is 1.28. The minimum Gasteiger partial charge on any atom is -0.457 e. The highest BCUT2D eigenvalue weighted by Crippen LogP contribution is 2.55. The Bertz CT molecular complexity index is 1040. The predicted molar refractivity (Wildman–Crippen MR) is 121 cm³/mol. The summed E-state index contributed by atoms with van der Waals surface area (Å²) in [5, 5.41) is 0. The van der Waals surface area contributed by atoms with Crippen LogP contribution in [0.5, 0.6) is 11.5 Å². The smallest absolute Gasteiger partial charge is 0.457 e. The first-order chi connectivity index (χ1) is 15.0.